The third kappa shape index (κ3) is 2.64. The summed E-state index contributed by atoms with van der Waals surface area (Å²) in [5.74, 6) is 0.917. The Bertz CT molecular complexity index is 627. The van der Waals surface area contributed by atoms with Crippen LogP contribution in [-0.4, -0.2) is 45.1 Å². The number of aliphatic carboxylic acids is 1. The molecule has 2 heterocycles. The van der Waals surface area contributed by atoms with Gasteiger partial charge in [-0.15, -0.1) is 0 Å². The Hall–Kier alpha value is -1.59. The molecular weight excluding hydrogens is 272 g/mol. The number of carboxylic acids is 1. The lowest BCUT2D eigenvalue weighted by atomic mass is 10.1. The van der Waals surface area contributed by atoms with Gasteiger partial charge in [-0.25, -0.2) is 0 Å². The van der Waals surface area contributed by atoms with E-state index in [0.29, 0.717) is 12.3 Å². The number of pyridine rings is 1. The van der Waals surface area contributed by atoms with E-state index in [2.05, 4.69) is 4.98 Å². The topological polar surface area (TPSA) is 53.4 Å². The Morgan fingerprint density at radius 1 is 1.40 bits per heavy atom. The lowest BCUT2D eigenvalue weighted by Gasteiger charge is -2.32. The molecule has 5 heteroatoms. The van der Waals surface area contributed by atoms with E-state index in [0.717, 1.165) is 28.8 Å². The van der Waals surface area contributed by atoms with Crippen molar-refractivity contribution in [1.29, 1.82) is 0 Å². The molecule has 0 bridgehead atoms. The monoisotopic (exact) mass is 288 g/mol. The van der Waals surface area contributed by atoms with Crippen LogP contribution in [0.4, 0.5) is 0 Å². The number of aromatic nitrogens is 1. The molecule has 1 aromatic carbocycles. The SMILES string of the molecule is O=C(O)C1CSCCN1Cc1cccc2cccnc12. The quantitative estimate of drug-likeness (QED) is 0.938. The summed E-state index contributed by atoms with van der Waals surface area (Å²) in [7, 11) is 0. The highest BCUT2D eigenvalue weighted by Crippen LogP contribution is 2.22. The predicted octanol–water partition coefficient (Wildman–Crippen LogP) is 2.24. The van der Waals surface area contributed by atoms with Crippen molar-refractivity contribution in [1.82, 2.24) is 9.88 Å². The molecule has 1 N–H and O–H groups in total. The minimum Gasteiger partial charge on any atom is -0.480 e. The fourth-order valence-electron chi connectivity index (χ4n) is 2.57. The summed E-state index contributed by atoms with van der Waals surface area (Å²) in [5.41, 5.74) is 2.07. The second-order valence-corrected chi connectivity index (χ2v) is 6.04. The van der Waals surface area contributed by atoms with Gasteiger partial charge < -0.3 is 5.11 Å². The summed E-state index contributed by atoms with van der Waals surface area (Å²) < 4.78 is 0. The zero-order valence-electron chi connectivity index (χ0n) is 11.0. The van der Waals surface area contributed by atoms with E-state index < -0.39 is 12.0 Å². The molecule has 0 amide bonds. The van der Waals surface area contributed by atoms with Gasteiger partial charge in [0.1, 0.15) is 6.04 Å². The maximum Gasteiger partial charge on any atom is 0.321 e. The zero-order valence-corrected chi connectivity index (χ0v) is 11.8. The van der Waals surface area contributed by atoms with Crippen LogP contribution in [0.2, 0.25) is 0 Å². The average Bonchev–Trinajstić information content (AvgIpc) is 2.48. The molecule has 104 valence electrons. The van der Waals surface area contributed by atoms with E-state index in [-0.39, 0.29) is 0 Å². The second-order valence-electron chi connectivity index (χ2n) is 4.89. The van der Waals surface area contributed by atoms with Gasteiger partial charge in [-0.3, -0.25) is 14.7 Å². The summed E-state index contributed by atoms with van der Waals surface area (Å²) >= 11 is 1.71. The molecule has 1 aromatic heterocycles. The van der Waals surface area contributed by atoms with Crippen molar-refractivity contribution in [2.75, 3.05) is 18.1 Å². The van der Waals surface area contributed by atoms with E-state index in [1.165, 1.54) is 0 Å². The van der Waals surface area contributed by atoms with E-state index in [1.54, 1.807) is 18.0 Å². The minimum absolute atomic E-state index is 0.396. The third-order valence-electron chi connectivity index (χ3n) is 3.61. The fourth-order valence-corrected chi connectivity index (χ4v) is 3.68. The van der Waals surface area contributed by atoms with Crippen molar-refractivity contribution in [3.8, 4) is 0 Å². The number of rotatable bonds is 3. The fraction of sp³-hybridized carbons (Fsp3) is 0.333. The summed E-state index contributed by atoms with van der Waals surface area (Å²) in [5, 5.41) is 10.4. The Morgan fingerprint density at radius 3 is 3.10 bits per heavy atom. The molecule has 1 fully saturated rings. The molecule has 1 aliphatic heterocycles. The summed E-state index contributed by atoms with van der Waals surface area (Å²) in [6.45, 7) is 1.46. The normalized spacial score (nSPS) is 20.1. The van der Waals surface area contributed by atoms with Gasteiger partial charge in [-0.2, -0.15) is 11.8 Å². The van der Waals surface area contributed by atoms with Gasteiger partial charge >= 0.3 is 5.97 Å². The lowest BCUT2D eigenvalue weighted by molar-refractivity contribution is -0.142. The van der Waals surface area contributed by atoms with Crippen LogP contribution in [0.5, 0.6) is 0 Å². The summed E-state index contributed by atoms with van der Waals surface area (Å²) in [4.78, 5) is 17.8. The van der Waals surface area contributed by atoms with Gasteiger partial charge in [-0.1, -0.05) is 24.3 Å². The van der Waals surface area contributed by atoms with Crippen molar-refractivity contribution >= 4 is 28.6 Å². The first kappa shape index (κ1) is 13.4. The minimum atomic E-state index is -0.731. The highest BCUT2D eigenvalue weighted by molar-refractivity contribution is 7.99. The molecule has 1 aliphatic rings. The third-order valence-corrected chi connectivity index (χ3v) is 4.64. The number of fused-ring (bicyclic) bond motifs is 1. The molecule has 0 radical (unpaired) electrons. The molecular formula is C15H16N2O2S. The number of benzene rings is 1. The molecule has 1 saturated heterocycles. The van der Waals surface area contributed by atoms with Crippen LogP contribution in [0.3, 0.4) is 0 Å². The Kier molecular flexibility index (Phi) is 3.89. The van der Waals surface area contributed by atoms with Crippen molar-refractivity contribution in [2.45, 2.75) is 12.6 Å². The predicted molar refractivity (Wildman–Crippen MR) is 80.9 cm³/mol. The van der Waals surface area contributed by atoms with Crippen LogP contribution in [0.1, 0.15) is 5.56 Å². The molecule has 0 spiro atoms. The highest BCUT2D eigenvalue weighted by atomic mass is 32.2. The van der Waals surface area contributed by atoms with Crippen LogP contribution < -0.4 is 0 Å². The van der Waals surface area contributed by atoms with Gasteiger partial charge in [0.15, 0.2) is 0 Å². The van der Waals surface area contributed by atoms with Gasteiger partial charge in [0.2, 0.25) is 0 Å². The number of hydrogen-bond acceptors (Lipinski definition) is 4. The molecule has 1 atom stereocenters. The number of carbonyl (C=O) groups is 1. The van der Waals surface area contributed by atoms with Crippen LogP contribution in [0, 0.1) is 0 Å². The van der Waals surface area contributed by atoms with Crippen LogP contribution in [-0.2, 0) is 11.3 Å². The summed E-state index contributed by atoms with van der Waals surface area (Å²) in [6.07, 6.45) is 1.78. The Balaban J connectivity index is 1.90. The van der Waals surface area contributed by atoms with Gasteiger partial charge in [0, 0.05) is 36.2 Å². The number of para-hydroxylation sites is 1. The van der Waals surface area contributed by atoms with Crippen molar-refractivity contribution in [3.63, 3.8) is 0 Å². The largest absolute Gasteiger partial charge is 0.480 e. The molecule has 2 aromatic rings. The smallest absolute Gasteiger partial charge is 0.321 e. The number of carboxylic acid groups (broad SMARTS) is 1. The Labute approximate surface area is 121 Å². The highest BCUT2D eigenvalue weighted by Gasteiger charge is 2.29. The van der Waals surface area contributed by atoms with Crippen LogP contribution >= 0.6 is 11.8 Å². The standard InChI is InChI=1S/C15H16N2O2S/c18-15(19)13-10-20-8-7-17(13)9-12-4-1-3-11-5-2-6-16-14(11)12/h1-6,13H,7-10H2,(H,18,19). The van der Waals surface area contributed by atoms with E-state index >= 15 is 0 Å². The molecule has 0 saturated carbocycles. The Morgan fingerprint density at radius 2 is 2.25 bits per heavy atom. The molecule has 0 aliphatic carbocycles. The first-order valence-electron chi connectivity index (χ1n) is 6.63. The van der Waals surface area contributed by atoms with Crippen LogP contribution in [0.15, 0.2) is 36.5 Å². The maximum absolute atomic E-state index is 11.3. The molecule has 3 rings (SSSR count). The average molecular weight is 288 g/mol. The van der Waals surface area contributed by atoms with Gasteiger partial charge in [0.25, 0.3) is 0 Å². The van der Waals surface area contributed by atoms with Crippen molar-refractivity contribution in [2.24, 2.45) is 0 Å². The zero-order chi connectivity index (χ0) is 13.9. The van der Waals surface area contributed by atoms with Gasteiger partial charge in [0.05, 0.1) is 5.52 Å². The van der Waals surface area contributed by atoms with Gasteiger partial charge in [-0.05, 0) is 11.6 Å². The van der Waals surface area contributed by atoms with E-state index in [4.69, 9.17) is 0 Å². The lowest BCUT2D eigenvalue weighted by Crippen LogP contribution is -2.46. The number of thioether (sulfide) groups is 1. The first-order chi connectivity index (χ1) is 9.75. The van der Waals surface area contributed by atoms with Crippen LogP contribution in [0.25, 0.3) is 10.9 Å². The number of hydrogen-bond donors (Lipinski definition) is 1. The maximum atomic E-state index is 11.3. The molecule has 20 heavy (non-hydrogen) atoms. The first-order valence-corrected chi connectivity index (χ1v) is 7.78. The van der Waals surface area contributed by atoms with E-state index in [9.17, 15) is 9.90 Å². The second kappa shape index (κ2) is 5.81. The van der Waals surface area contributed by atoms with E-state index in [1.807, 2.05) is 35.2 Å². The molecule has 4 nitrogen and oxygen atoms in total. The molecule has 1 unspecified atom stereocenters. The number of nitrogens with zero attached hydrogens (tertiary/aromatic N) is 2. The summed E-state index contributed by atoms with van der Waals surface area (Å²) in [6, 6.07) is 9.64. The van der Waals surface area contributed by atoms with Crippen molar-refractivity contribution < 1.29 is 9.90 Å². The van der Waals surface area contributed by atoms with Crippen molar-refractivity contribution in [3.05, 3.63) is 42.1 Å².